The Morgan fingerprint density at radius 2 is 1.96 bits per heavy atom. The smallest absolute Gasteiger partial charge is 0.255 e. The molecule has 0 radical (unpaired) electrons. The number of carbonyl (C=O) groups is 1. The van der Waals surface area contributed by atoms with E-state index in [-0.39, 0.29) is 5.91 Å². The summed E-state index contributed by atoms with van der Waals surface area (Å²) in [5.41, 5.74) is 4.25. The van der Waals surface area contributed by atoms with E-state index in [0.717, 1.165) is 36.6 Å². The molecule has 0 fully saturated rings. The number of amides is 1. The summed E-state index contributed by atoms with van der Waals surface area (Å²) in [6, 6.07) is 17.0. The first-order valence-electron chi connectivity index (χ1n) is 8.00. The van der Waals surface area contributed by atoms with Crippen molar-refractivity contribution in [1.82, 2.24) is 9.97 Å². The van der Waals surface area contributed by atoms with Gasteiger partial charge in [-0.25, -0.2) is 9.97 Å². The summed E-state index contributed by atoms with van der Waals surface area (Å²) in [6.07, 6.45) is 1.77. The van der Waals surface area contributed by atoms with Crippen LogP contribution in [0.25, 0.3) is 20.9 Å². The minimum Gasteiger partial charge on any atom is -0.322 e. The van der Waals surface area contributed by atoms with E-state index in [1.807, 2.05) is 49.4 Å². The van der Waals surface area contributed by atoms with Gasteiger partial charge in [0.25, 0.3) is 5.91 Å². The lowest BCUT2D eigenvalue weighted by Crippen LogP contribution is -2.12. The van der Waals surface area contributed by atoms with Crippen molar-refractivity contribution in [3.63, 3.8) is 0 Å². The van der Waals surface area contributed by atoms with Crippen molar-refractivity contribution in [2.75, 3.05) is 5.32 Å². The zero-order valence-corrected chi connectivity index (χ0v) is 16.3. The zero-order chi connectivity index (χ0) is 18.1. The van der Waals surface area contributed by atoms with Gasteiger partial charge in [0.15, 0.2) is 0 Å². The van der Waals surface area contributed by atoms with E-state index in [4.69, 9.17) is 0 Å². The Morgan fingerprint density at radius 3 is 2.77 bits per heavy atom. The first-order valence-corrected chi connectivity index (χ1v) is 9.61. The lowest BCUT2D eigenvalue weighted by molar-refractivity contribution is 0.102. The summed E-state index contributed by atoms with van der Waals surface area (Å²) in [4.78, 5) is 22.5. The largest absolute Gasteiger partial charge is 0.322 e. The molecule has 0 aliphatic rings. The Labute approximate surface area is 163 Å². The van der Waals surface area contributed by atoms with Crippen molar-refractivity contribution in [3.05, 3.63) is 76.4 Å². The number of hydrogen-bond donors (Lipinski definition) is 1. The summed E-state index contributed by atoms with van der Waals surface area (Å²) in [5.74, 6) is -0.141. The Bertz CT molecular complexity index is 1090. The van der Waals surface area contributed by atoms with Gasteiger partial charge in [0, 0.05) is 27.5 Å². The molecule has 4 aromatic rings. The molecule has 128 valence electrons. The van der Waals surface area contributed by atoms with Crippen LogP contribution in [0.5, 0.6) is 0 Å². The molecule has 0 atom stereocenters. The second-order valence-electron chi connectivity index (χ2n) is 5.79. The molecule has 0 unspecified atom stereocenters. The van der Waals surface area contributed by atoms with E-state index in [1.165, 1.54) is 0 Å². The summed E-state index contributed by atoms with van der Waals surface area (Å²) in [5, 5.41) is 3.90. The van der Waals surface area contributed by atoms with Crippen molar-refractivity contribution in [3.8, 4) is 10.6 Å². The number of thiazole rings is 1. The molecule has 26 heavy (non-hydrogen) atoms. The predicted octanol–water partition coefficient (Wildman–Crippen LogP) is 5.68. The Morgan fingerprint density at radius 1 is 1.12 bits per heavy atom. The van der Waals surface area contributed by atoms with Gasteiger partial charge in [0.1, 0.15) is 15.4 Å². The second-order valence-corrected chi connectivity index (χ2v) is 7.68. The van der Waals surface area contributed by atoms with Gasteiger partial charge in [-0.15, -0.1) is 0 Å². The van der Waals surface area contributed by atoms with Crippen LogP contribution in [-0.2, 0) is 0 Å². The number of benzene rings is 2. The summed E-state index contributed by atoms with van der Waals surface area (Å²) in [7, 11) is 0. The van der Waals surface area contributed by atoms with E-state index in [1.54, 1.807) is 29.7 Å². The summed E-state index contributed by atoms with van der Waals surface area (Å²) >= 11 is 4.95. The van der Waals surface area contributed by atoms with Gasteiger partial charge in [-0.3, -0.25) is 4.79 Å². The van der Waals surface area contributed by atoms with Crippen LogP contribution in [0, 0.1) is 6.92 Å². The second kappa shape index (κ2) is 6.97. The molecule has 2 aromatic carbocycles. The van der Waals surface area contributed by atoms with Crippen molar-refractivity contribution in [2.24, 2.45) is 0 Å². The third kappa shape index (κ3) is 3.25. The fourth-order valence-electron chi connectivity index (χ4n) is 2.71. The number of rotatable bonds is 3. The molecule has 0 saturated heterocycles. The van der Waals surface area contributed by atoms with Crippen molar-refractivity contribution in [1.29, 1.82) is 0 Å². The van der Waals surface area contributed by atoms with Crippen LogP contribution in [0.15, 0.2) is 65.3 Å². The first-order chi connectivity index (χ1) is 12.6. The number of carbonyl (C=O) groups excluding carboxylic acids is 1. The quantitative estimate of drug-likeness (QED) is 0.460. The lowest BCUT2D eigenvalue weighted by Gasteiger charge is -2.11. The molecule has 4 nitrogen and oxygen atoms in total. The van der Waals surface area contributed by atoms with Crippen LogP contribution < -0.4 is 5.32 Å². The van der Waals surface area contributed by atoms with Gasteiger partial charge in [0.05, 0.1) is 0 Å². The topological polar surface area (TPSA) is 54.9 Å². The average Bonchev–Trinajstić information content (AvgIpc) is 3.07. The van der Waals surface area contributed by atoms with Gasteiger partial charge in [-0.1, -0.05) is 45.5 Å². The van der Waals surface area contributed by atoms with Gasteiger partial charge >= 0.3 is 0 Å². The fourth-order valence-corrected chi connectivity index (χ4v) is 4.10. The molecule has 0 spiro atoms. The molecule has 0 bridgehead atoms. The molecule has 2 aromatic heterocycles. The van der Waals surface area contributed by atoms with Crippen molar-refractivity contribution >= 4 is 49.2 Å². The van der Waals surface area contributed by atoms with E-state index >= 15 is 0 Å². The number of hydrogen-bond acceptors (Lipinski definition) is 4. The Kier molecular flexibility index (Phi) is 4.53. The highest BCUT2D eigenvalue weighted by molar-refractivity contribution is 9.10. The lowest BCUT2D eigenvalue weighted by atomic mass is 10.1. The normalized spacial score (nSPS) is 10.8. The maximum Gasteiger partial charge on any atom is 0.255 e. The van der Waals surface area contributed by atoms with Gasteiger partial charge in [0.2, 0.25) is 0 Å². The Hall–Kier alpha value is -2.57. The number of fused-ring (bicyclic) bond motifs is 1. The molecular weight excluding hydrogens is 410 g/mol. The third-order valence-corrected chi connectivity index (χ3v) is 5.57. The molecular formula is C20H14BrN3OS. The number of nitrogens with zero attached hydrogens (tertiary/aromatic N) is 2. The molecule has 6 heteroatoms. The minimum absolute atomic E-state index is 0.141. The number of pyridine rings is 1. The van der Waals surface area contributed by atoms with Gasteiger partial charge in [-0.2, -0.15) is 0 Å². The maximum absolute atomic E-state index is 12.6. The zero-order valence-electron chi connectivity index (χ0n) is 13.9. The van der Waals surface area contributed by atoms with Crippen LogP contribution in [0.4, 0.5) is 5.69 Å². The molecule has 4 rings (SSSR count). The SMILES string of the molecule is Cc1c(NC(=O)c2cccc(Br)c2)cccc1-c1nc2cccnc2s1. The van der Waals surface area contributed by atoms with Gasteiger partial charge in [-0.05, 0) is 48.9 Å². The minimum atomic E-state index is -0.141. The summed E-state index contributed by atoms with van der Waals surface area (Å²) < 4.78 is 0.873. The van der Waals surface area contributed by atoms with Gasteiger partial charge < -0.3 is 5.32 Å². The number of halogens is 1. The molecule has 0 aliphatic carbocycles. The first kappa shape index (κ1) is 16.9. The van der Waals surface area contributed by atoms with Crippen LogP contribution in [-0.4, -0.2) is 15.9 Å². The maximum atomic E-state index is 12.6. The molecule has 0 saturated carbocycles. The average molecular weight is 424 g/mol. The number of aromatic nitrogens is 2. The molecule has 1 amide bonds. The van der Waals surface area contributed by atoms with Crippen LogP contribution in [0.1, 0.15) is 15.9 Å². The Balaban J connectivity index is 1.68. The third-order valence-electron chi connectivity index (χ3n) is 4.07. The van der Waals surface area contributed by atoms with Crippen molar-refractivity contribution < 1.29 is 4.79 Å². The predicted molar refractivity (Wildman–Crippen MR) is 110 cm³/mol. The number of nitrogens with one attached hydrogen (secondary N) is 1. The van der Waals surface area contributed by atoms with E-state index in [2.05, 4.69) is 31.2 Å². The standard InChI is InChI=1S/C20H14BrN3OS/c1-12-15(19-24-17-9-4-10-22-20(17)26-19)7-3-8-16(12)23-18(25)13-5-2-6-14(21)11-13/h2-11H,1H3,(H,23,25). The molecule has 2 heterocycles. The highest BCUT2D eigenvalue weighted by Crippen LogP contribution is 2.33. The van der Waals surface area contributed by atoms with Crippen LogP contribution in [0.3, 0.4) is 0 Å². The van der Waals surface area contributed by atoms with Crippen LogP contribution >= 0.6 is 27.3 Å². The van der Waals surface area contributed by atoms with Crippen LogP contribution in [0.2, 0.25) is 0 Å². The molecule has 1 N–H and O–H groups in total. The van der Waals surface area contributed by atoms with E-state index in [0.29, 0.717) is 5.56 Å². The van der Waals surface area contributed by atoms with Crippen molar-refractivity contribution in [2.45, 2.75) is 6.92 Å². The fraction of sp³-hybridized carbons (Fsp3) is 0.0500. The monoisotopic (exact) mass is 423 g/mol. The number of anilines is 1. The highest BCUT2D eigenvalue weighted by Gasteiger charge is 2.14. The van der Waals surface area contributed by atoms with E-state index < -0.39 is 0 Å². The molecule has 0 aliphatic heterocycles. The summed E-state index contributed by atoms with van der Waals surface area (Å²) in [6.45, 7) is 1.99. The highest BCUT2D eigenvalue weighted by atomic mass is 79.9. The van der Waals surface area contributed by atoms with E-state index in [9.17, 15) is 4.79 Å².